The maximum Gasteiger partial charge on any atom is 0.363 e. The van der Waals surface area contributed by atoms with E-state index < -0.39 is 9.28 Å². The van der Waals surface area contributed by atoms with Gasteiger partial charge < -0.3 is 13.6 Å². The summed E-state index contributed by atoms with van der Waals surface area (Å²) in [6, 6.07) is 0. The van der Waals surface area contributed by atoms with E-state index in [-0.39, 0.29) is 11.7 Å². The molecule has 0 N–H and O–H groups in total. The number of ether oxygens (including phenoxy) is 1. The topological polar surface area (TPSA) is 44.8 Å². The van der Waals surface area contributed by atoms with Gasteiger partial charge in [0.2, 0.25) is 0 Å². The molecule has 0 radical (unpaired) electrons. The van der Waals surface area contributed by atoms with Gasteiger partial charge in [0.15, 0.2) is 0 Å². The molecule has 0 saturated heterocycles. The molecule has 0 fully saturated rings. The van der Waals surface area contributed by atoms with Crippen LogP contribution in [-0.2, 0) is 18.4 Å². The summed E-state index contributed by atoms with van der Waals surface area (Å²) in [6.07, 6.45) is 1.68. The molecule has 0 bridgehead atoms. The normalized spacial score (nSPS) is 12.6. The van der Waals surface area contributed by atoms with Gasteiger partial charge in [0.05, 0.1) is 0 Å². The summed E-state index contributed by atoms with van der Waals surface area (Å²) < 4.78 is 15.7. The zero-order valence-corrected chi connectivity index (χ0v) is 11.1. The van der Waals surface area contributed by atoms with E-state index in [0.29, 0.717) is 5.57 Å². The molecule has 88 valence electrons. The Balaban J connectivity index is 4.37. The largest absolute Gasteiger partial charge is 0.457 e. The molecule has 0 aromatic carbocycles. The average molecular weight is 232 g/mol. The highest BCUT2D eigenvalue weighted by atomic mass is 28.3. The van der Waals surface area contributed by atoms with Crippen molar-refractivity contribution in [1.82, 2.24) is 0 Å². The first-order chi connectivity index (χ1) is 7.06. The van der Waals surface area contributed by atoms with Crippen molar-refractivity contribution in [3.63, 3.8) is 0 Å². The minimum Gasteiger partial charge on any atom is -0.457 e. The zero-order chi connectivity index (χ0) is 11.8. The molecular weight excluding hydrogens is 212 g/mol. The van der Waals surface area contributed by atoms with Gasteiger partial charge in [-0.25, -0.2) is 4.79 Å². The van der Waals surface area contributed by atoms with Crippen molar-refractivity contribution >= 4 is 15.3 Å². The standard InChI is InChI=1S/C10H20O4Si/c1-6-7-9(15(12-4)13-5)14-10(11)8(2)3/h9,15H,2,6-7H2,1,3-5H3. The van der Waals surface area contributed by atoms with Crippen LogP contribution in [0, 0.1) is 0 Å². The molecule has 4 nitrogen and oxygen atoms in total. The minimum atomic E-state index is -1.91. The average Bonchev–Trinajstić information content (AvgIpc) is 2.19. The maximum absolute atomic E-state index is 11.4. The molecule has 0 heterocycles. The second-order valence-corrected chi connectivity index (χ2v) is 5.78. The van der Waals surface area contributed by atoms with Gasteiger partial charge in [-0.3, -0.25) is 0 Å². The maximum atomic E-state index is 11.4. The molecule has 0 aliphatic carbocycles. The van der Waals surface area contributed by atoms with E-state index in [1.807, 2.05) is 6.92 Å². The van der Waals surface area contributed by atoms with Gasteiger partial charge in [0, 0.05) is 19.8 Å². The van der Waals surface area contributed by atoms with Crippen molar-refractivity contribution in [2.45, 2.75) is 32.4 Å². The Morgan fingerprint density at radius 2 is 1.93 bits per heavy atom. The molecular formula is C10H20O4Si. The second-order valence-electron chi connectivity index (χ2n) is 3.35. The van der Waals surface area contributed by atoms with Crippen LogP contribution in [0.1, 0.15) is 26.7 Å². The van der Waals surface area contributed by atoms with Crippen LogP contribution in [0.15, 0.2) is 12.2 Å². The van der Waals surface area contributed by atoms with Crippen LogP contribution in [0.4, 0.5) is 0 Å². The van der Waals surface area contributed by atoms with Crippen molar-refractivity contribution in [3.8, 4) is 0 Å². The molecule has 1 unspecified atom stereocenters. The monoisotopic (exact) mass is 232 g/mol. The molecule has 0 aliphatic rings. The Kier molecular flexibility index (Phi) is 7.28. The molecule has 0 amide bonds. The number of carbonyl (C=O) groups excluding carboxylic acids is 1. The molecule has 0 rings (SSSR count). The molecule has 0 aromatic rings. The lowest BCUT2D eigenvalue weighted by atomic mass is 10.3. The molecule has 0 aromatic heterocycles. The molecule has 1 atom stereocenters. The van der Waals surface area contributed by atoms with Crippen LogP contribution in [-0.4, -0.2) is 35.2 Å². The zero-order valence-electron chi connectivity index (χ0n) is 9.91. The lowest BCUT2D eigenvalue weighted by molar-refractivity contribution is -0.142. The van der Waals surface area contributed by atoms with Gasteiger partial charge >= 0.3 is 15.3 Å². The van der Waals surface area contributed by atoms with E-state index in [4.69, 9.17) is 13.6 Å². The van der Waals surface area contributed by atoms with Crippen LogP contribution in [0.5, 0.6) is 0 Å². The summed E-state index contributed by atoms with van der Waals surface area (Å²) in [5.74, 6) is -0.375. The fourth-order valence-corrected chi connectivity index (χ4v) is 2.81. The van der Waals surface area contributed by atoms with Gasteiger partial charge in [-0.05, 0) is 13.3 Å². The SMILES string of the molecule is C=C(C)C(=O)OC(CCC)[SiH](OC)OC. The number of esters is 1. The van der Waals surface area contributed by atoms with Crippen molar-refractivity contribution in [1.29, 1.82) is 0 Å². The summed E-state index contributed by atoms with van der Waals surface area (Å²) in [5.41, 5.74) is 0.158. The first kappa shape index (κ1) is 14.3. The summed E-state index contributed by atoms with van der Waals surface area (Å²) in [5, 5.41) is 0. The Morgan fingerprint density at radius 1 is 1.40 bits per heavy atom. The van der Waals surface area contributed by atoms with Crippen molar-refractivity contribution in [3.05, 3.63) is 12.2 Å². The third-order valence-corrected chi connectivity index (χ3v) is 3.95. The Hall–Kier alpha value is -0.653. The number of rotatable bonds is 7. The lowest BCUT2D eigenvalue weighted by Gasteiger charge is -2.22. The number of hydrogen-bond donors (Lipinski definition) is 0. The van der Waals surface area contributed by atoms with Crippen molar-refractivity contribution in [2.24, 2.45) is 0 Å². The summed E-state index contributed by atoms with van der Waals surface area (Å²) >= 11 is 0. The minimum absolute atomic E-state index is 0.241. The number of hydrogen-bond acceptors (Lipinski definition) is 4. The van der Waals surface area contributed by atoms with Crippen LogP contribution in [0.25, 0.3) is 0 Å². The first-order valence-corrected chi connectivity index (χ1v) is 6.59. The van der Waals surface area contributed by atoms with Crippen LogP contribution >= 0.6 is 0 Å². The van der Waals surface area contributed by atoms with Gasteiger partial charge in [0.1, 0.15) is 5.73 Å². The number of carbonyl (C=O) groups is 1. The van der Waals surface area contributed by atoms with E-state index in [9.17, 15) is 4.79 Å². The van der Waals surface area contributed by atoms with Gasteiger partial charge in [-0.2, -0.15) is 0 Å². The van der Waals surface area contributed by atoms with E-state index >= 15 is 0 Å². The van der Waals surface area contributed by atoms with Crippen molar-refractivity contribution < 1.29 is 18.4 Å². The third-order valence-electron chi connectivity index (χ3n) is 1.95. The molecule has 0 aliphatic heterocycles. The summed E-state index contributed by atoms with van der Waals surface area (Å²) in [7, 11) is 1.26. The Morgan fingerprint density at radius 3 is 2.27 bits per heavy atom. The van der Waals surface area contributed by atoms with E-state index in [2.05, 4.69) is 6.58 Å². The summed E-state index contributed by atoms with van der Waals surface area (Å²) in [6.45, 7) is 7.19. The molecule has 0 saturated carbocycles. The predicted octanol–water partition coefficient (Wildman–Crippen LogP) is 1.33. The lowest BCUT2D eigenvalue weighted by Crippen LogP contribution is -2.39. The molecule has 15 heavy (non-hydrogen) atoms. The quantitative estimate of drug-likeness (QED) is 0.377. The van der Waals surface area contributed by atoms with Gasteiger partial charge in [-0.1, -0.05) is 19.9 Å². The van der Waals surface area contributed by atoms with Crippen molar-refractivity contribution in [2.75, 3.05) is 14.2 Å². The fraction of sp³-hybridized carbons (Fsp3) is 0.700. The van der Waals surface area contributed by atoms with Gasteiger partial charge in [0.25, 0.3) is 0 Å². The summed E-state index contributed by atoms with van der Waals surface area (Å²) in [4.78, 5) is 11.4. The predicted molar refractivity (Wildman–Crippen MR) is 60.8 cm³/mol. The smallest absolute Gasteiger partial charge is 0.363 e. The highest BCUT2D eigenvalue weighted by Gasteiger charge is 2.27. The Labute approximate surface area is 93.1 Å². The van der Waals surface area contributed by atoms with E-state index in [1.54, 1.807) is 21.1 Å². The third kappa shape index (κ3) is 5.11. The van der Waals surface area contributed by atoms with E-state index in [1.165, 1.54) is 0 Å². The van der Waals surface area contributed by atoms with Gasteiger partial charge in [-0.15, -0.1) is 0 Å². The van der Waals surface area contributed by atoms with Crippen LogP contribution in [0.2, 0.25) is 0 Å². The van der Waals surface area contributed by atoms with Crippen LogP contribution in [0.3, 0.4) is 0 Å². The highest BCUT2D eigenvalue weighted by Crippen LogP contribution is 2.10. The highest BCUT2D eigenvalue weighted by molar-refractivity contribution is 6.46. The fourth-order valence-electron chi connectivity index (χ4n) is 1.17. The molecule has 0 spiro atoms. The first-order valence-electron chi connectivity index (χ1n) is 4.98. The second kappa shape index (κ2) is 7.61. The molecule has 5 heteroatoms. The van der Waals surface area contributed by atoms with E-state index in [0.717, 1.165) is 12.8 Å². The van der Waals surface area contributed by atoms with Crippen LogP contribution < -0.4 is 0 Å². The Bertz CT molecular complexity index is 213.